The number of rotatable bonds is 3. The van der Waals surface area contributed by atoms with E-state index < -0.39 is 17.8 Å². The lowest BCUT2D eigenvalue weighted by Crippen LogP contribution is -2.32. The molecule has 0 bridgehead atoms. The number of carboxylic acid groups (broad SMARTS) is 1. The van der Waals surface area contributed by atoms with E-state index in [0.717, 1.165) is 12.5 Å². The van der Waals surface area contributed by atoms with Crippen LogP contribution in [0.5, 0.6) is 0 Å². The van der Waals surface area contributed by atoms with E-state index in [4.69, 9.17) is 5.11 Å². The van der Waals surface area contributed by atoms with Gasteiger partial charge in [-0.2, -0.15) is 13.2 Å². The molecule has 1 aliphatic heterocycles. The molecule has 2 rings (SSSR count). The van der Waals surface area contributed by atoms with E-state index in [0.29, 0.717) is 18.5 Å². The van der Waals surface area contributed by atoms with Gasteiger partial charge in [0, 0.05) is 18.7 Å². The number of hydrogen-bond acceptors (Lipinski definition) is 3. The number of carbonyl (C=O) groups is 1. The van der Waals surface area contributed by atoms with Crippen LogP contribution in [0, 0.1) is 5.92 Å². The summed E-state index contributed by atoms with van der Waals surface area (Å²) in [5, 5.41) is 12.0. The number of pyridine rings is 1. The van der Waals surface area contributed by atoms with E-state index in [9.17, 15) is 18.0 Å². The Hall–Kier alpha value is -1.63. The van der Waals surface area contributed by atoms with Gasteiger partial charge in [-0.3, -0.25) is 9.78 Å². The van der Waals surface area contributed by atoms with Crippen LogP contribution < -0.4 is 5.32 Å². The molecule has 2 N–H and O–H groups in total. The van der Waals surface area contributed by atoms with Crippen molar-refractivity contribution in [2.45, 2.75) is 31.5 Å². The summed E-state index contributed by atoms with van der Waals surface area (Å²) in [7, 11) is 0. The third kappa shape index (κ3) is 3.69. The summed E-state index contributed by atoms with van der Waals surface area (Å²) in [6, 6.07) is 2.22. The molecule has 4 nitrogen and oxygen atoms in total. The number of alkyl halides is 3. The minimum Gasteiger partial charge on any atom is -0.481 e. The third-order valence-electron chi connectivity index (χ3n) is 3.45. The first kappa shape index (κ1) is 14.8. The van der Waals surface area contributed by atoms with Crippen LogP contribution >= 0.6 is 0 Å². The molecule has 0 radical (unpaired) electrons. The van der Waals surface area contributed by atoms with Crippen molar-refractivity contribution in [2.24, 2.45) is 5.92 Å². The van der Waals surface area contributed by atoms with Gasteiger partial charge in [0.2, 0.25) is 0 Å². The number of carboxylic acids is 1. The number of aromatic nitrogens is 1. The molecule has 1 aromatic rings. The highest BCUT2D eigenvalue weighted by molar-refractivity contribution is 5.67. The zero-order chi connectivity index (χ0) is 14.8. The van der Waals surface area contributed by atoms with Crippen LogP contribution in [0.3, 0.4) is 0 Å². The second-order valence-corrected chi connectivity index (χ2v) is 4.97. The second kappa shape index (κ2) is 5.78. The van der Waals surface area contributed by atoms with Gasteiger partial charge in [-0.15, -0.1) is 0 Å². The maximum Gasteiger partial charge on any atom is 0.433 e. The molecule has 2 atom stereocenters. The molecular formula is C13H15F3N2O2. The normalized spacial score (nSPS) is 23.6. The number of halogens is 3. The van der Waals surface area contributed by atoms with Gasteiger partial charge in [-0.1, -0.05) is 6.07 Å². The van der Waals surface area contributed by atoms with Gasteiger partial charge in [0.05, 0.1) is 0 Å². The maximum atomic E-state index is 12.4. The van der Waals surface area contributed by atoms with Crippen LogP contribution in [0.25, 0.3) is 0 Å². The van der Waals surface area contributed by atoms with E-state index >= 15 is 0 Å². The van der Waals surface area contributed by atoms with E-state index in [1.807, 2.05) is 0 Å². The van der Waals surface area contributed by atoms with E-state index in [1.54, 1.807) is 0 Å². The summed E-state index contributed by atoms with van der Waals surface area (Å²) in [6.07, 6.45) is -1.78. The molecule has 0 saturated carbocycles. The van der Waals surface area contributed by atoms with Crippen molar-refractivity contribution in [1.82, 2.24) is 10.3 Å². The lowest BCUT2D eigenvalue weighted by molar-refractivity contribution is -0.141. The Kier molecular flexibility index (Phi) is 4.27. The summed E-state index contributed by atoms with van der Waals surface area (Å²) < 4.78 is 37.3. The summed E-state index contributed by atoms with van der Waals surface area (Å²) in [4.78, 5) is 14.1. The van der Waals surface area contributed by atoms with Gasteiger partial charge in [-0.05, 0) is 36.9 Å². The first-order valence-electron chi connectivity index (χ1n) is 6.34. The first-order chi connectivity index (χ1) is 9.36. The summed E-state index contributed by atoms with van der Waals surface area (Å²) in [5.74, 6) is -0.803. The molecule has 0 aromatic carbocycles. The largest absolute Gasteiger partial charge is 0.481 e. The van der Waals surface area contributed by atoms with Crippen molar-refractivity contribution in [3.05, 3.63) is 29.6 Å². The average Bonchev–Trinajstić information content (AvgIpc) is 2.37. The highest BCUT2D eigenvalue weighted by atomic mass is 19.4. The van der Waals surface area contributed by atoms with Crippen LogP contribution in [-0.4, -0.2) is 22.6 Å². The summed E-state index contributed by atoms with van der Waals surface area (Å²) in [5.41, 5.74) is -0.257. The first-order valence-corrected chi connectivity index (χ1v) is 6.34. The molecular weight excluding hydrogens is 273 g/mol. The maximum absolute atomic E-state index is 12.4. The van der Waals surface area contributed by atoms with Crippen molar-refractivity contribution in [3.63, 3.8) is 0 Å². The summed E-state index contributed by atoms with van der Waals surface area (Å²) in [6.45, 7) is 0.656. The Bertz CT molecular complexity index is 473. The number of nitrogens with zero attached hydrogens (tertiary/aromatic N) is 1. The predicted molar refractivity (Wildman–Crippen MR) is 65.0 cm³/mol. The number of aliphatic carboxylic acids is 1. The Morgan fingerprint density at radius 3 is 2.75 bits per heavy atom. The average molecular weight is 288 g/mol. The lowest BCUT2D eigenvalue weighted by Gasteiger charge is -2.29. The standard InChI is InChI=1S/C13H15F3N2O2/c14-13(15,16)11-2-1-9(7-18-11)10-5-8(3-4-17-10)6-12(19)20/h1-2,7-8,10,17H,3-6H2,(H,19,20). The smallest absolute Gasteiger partial charge is 0.433 e. The van der Waals surface area contributed by atoms with Gasteiger partial charge in [0.1, 0.15) is 5.69 Å². The molecule has 1 aromatic heterocycles. The van der Waals surface area contributed by atoms with E-state index in [-0.39, 0.29) is 18.4 Å². The predicted octanol–water partition coefficient (Wildman–Crippen LogP) is 2.62. The zero-order valence-corrected chi connectivity index (χ0v) is 10.7. The Labute approximate surface area is 114 Å². The minimum atomic E-state index is -4.44. The highest BCUT2D eigenvalue weighted by Crippen LogP contribution is 2.31. The molecule has 20 heavy (non-hydrogen) atoms. The topological polar surface area (TPSA) is 62.2 Å². The lowest BCUT2D eigenvalue weighted by atomic mass is 9.87. The van der Waals surface area contributed by atoms with E-state index in [2.05, 4.69) is 10.3 Å². The fourth-order valence-electron chi connectivity index (χ4n) is 2.46. The van der Waals surface area contributed by atoms with Crippen LogP contribution in [0.2, 0.25) is 0 Å². The van der Waals surface area contributed by atoms with Crippen molar-refractivity contribution in [1.29, 1.82) is 0 Å². The molecule has 1 fully saturated rings. The minimum absolute atomic E-state index is 0.0426. The molecule has 1 aliphatic rings. The fourth-order valence-corrected chi connectivity index (χ4v) is 2.46. The SMILES string of the molecule is O=C(O)CC1CCNC(c2ccc(C(F)(F)F)nc2)C1. The zero-order valence-electron chi connectivity index (χ0n) is 10.7. The second-order valence-electron chi connectivity index (χ2n) is 4.97. The van der Waals surface area contributed by atoms with Gasteiger partial charge < -0.3 is 10.4 Å². The van der Waals surface area contributed by atoms with E-state index in [1.165, 1.54) is 12.3 Å². The quantitative estimate of drug-likeness (QED) is 0.897. The number of nitrogens with one attached hydrogen (secondary N) is 1. The van der Waals surface area contributed by atoms with Crippen LogP contribution in [0.15, 0.2) is 18.3 Å². The van der Waals surface area contributed by atoms with Gasteiger partial charge in [-0.25, -0.2) is 0 Å². The molecule has 0 spiro atoms. The Balaban J connectivity index is 2.05. The van der Waals surface area contributed by atoms with Crippen molar-refractivity contribution < 1.29 is 23.1 Å². The van der Waals surface area contributed by atoms with Crippen molar-refractivity contribution in [3.8, 4) is 0 Å². The van der Waals surface area contributed by atoms with Gasteiger partial charge >= 0.3 is 12.1 Å². The molecule has 7 heteroatoms. The van der Waals surface area contributed by atoms with Crippen LogP contribution in [-0.2, 0) is 11.0 Å². The molecule has 1 saturated heterocycles. The summed E-state index contributed by atoms with van der Waals surface area (Å²) >= 11 is 0. The van der Waals surface area contributed by atoms with Gasteiger partial charge in [0.15, 0.2) is 0 Å². The third-order valence-corrected chi connectivity index (χ3v) is 3.45. The highest BCUT2D eigenvalue weighted by Gasteiger charge is 2.32. The molecule has 0 aliphatic carbocycles. The monoisotopic (exact) mass is 288 g/mol. The van der Waals surface area contributed by atoms with Crippen LogP contribution in [0.1, 0.15) is 36.6 Å². The number of piperidine rings is 1. The number of hydrogen-bond donors (Lipinski definition) is 2. The Morgan fingerprint density at radius 2 is 2.20 bits per heavy atom. The van der Waals surface area contributed by atoms with Crippen molar-refractivity contribution >= 4 is 5.97 Å². The molecule has 2 unspecified atom stereocenters. The molecule has 2 heterocycles. The Morgan fingerprint density at radius 1 is 1.45 bits per heavy atom. The molecule has 110 valence electrons. The van der Waals surface area contributed by atoms with Gasteiger partial charge in [0.25, 0.3) is 0 Å². The fraction of sp³-hybridized carbons (Fsp3) is 0.538. The van der Waals surface area contributed by atoms with Crippen molar-refractivity contribution in [2.75, 3.05) is 6.54 Å². The van der Waals surface area contributed by atoms with Crippen LogP contribution in [0.4, 0.5) is 13.2 Å². The molecule has 0 amide bonds.